The average molecular weight is 330 g/mol. The highest BCUT2D eigenvalue weighted by atomic mass is 79.9. The molecule has 0 amide bonds. The fraction of sp³-hybridized carbons (Fsp3) is 0.0588. The lowest BCUT2D eigenvalue weighted by Crippen LogP contribution is -2.02. The van der Waals surface area contributed by atoms with Crippen LogP contribution in [0, 0.1) is 5.82 Å². The van der Waals surface area contributed by atoms with Gasteiger partial charge in [-0.05, 0) is 23.6 Å². The van der Waals surface area contributed by atoms with Crippen molar-refractivity contribution in [3.8, 4) is 0 Å². The third-order valence-electron chi connectivity index (χ3n) is 3.30. The van der Waals surface area contributed by atoms with E-state index in [9.17, 15) is 4.39 Å². The first-order chi connectivity index (χ1) is 9.75. The molecule has 3 aromatic rings. The van der Waals surface area contributed by atoms with Gasteiger partial charge in [0.05, 0.1) is 0 Å². The molecule has 0 aliphatic heterocycles. The van der Waals surface area contributed by atoms with Gasteiger partial charge in [-0.1, -0.05) is 58.4 Å². The van der Waals surface area contributed by atoms with E-state index in [0.29, 0.717) is 12.1 Å². The molecule has 0 saturated heterocycles. The molecule has 0 saturated carbocycles. The zero-order valence-electron chi connectivity index (χ0n) is 10.7. The maximum atomic E-state index is 13.6. The molecule has 1 nitrogen and oxygen atoms in total. The first kappa shape index (κ1) is 13.1. The van der Waals surface area contributed by atoms with Gasteiger partial charge in [0.1, 0.15) is 5.82 Å². The Labute approximate surface area is 125 Å². The van der Waals surface area contributed by atoms with E-state index in [0.717, 1.165) is 20.9 Å². The van der Waals surface area contributed by atoms with Crippen molar-refractivity contribution in [1.82, 2.24) is 0 Å². The molecule has 0 unspecified atom stereocenters. The summed E-state index contributed by atoms with van der Waals surface area (Å²) in [4.78, 5) is 0. The highest BCUT2D eigenvalue weighted by Gasteiger charge is 2.05. The quantitative estimate of drug-likeness (QED) is 0.682. The number of rotatable bonds is 3. The number of nitrogens with one attached hydrogen (secondary N) is 1. The summed E-state index contributed by atoms with van der Waals surface area (Å²) >= 11 is 3.55. The standard InChI is InChI=1S/C17H13BrFN/c18-15-9-10-17(14-7-3-2-6-13(14)15)20-11-12-5-1-4-8-16(12)19/h1-10,20H,11H2. The van der Waals surface area contributed by atoms with Crippen LogP contribution in [0.25, 0.3) is 10.8 Å². The van der Waals surface area contributed by atoms with Crippen LogP contribution in [0.3, 0.4) is 0 Å². The zero-order chi connectivity index (χ0) is 13.9. The van der Waals surface area contributed by atoms with Crippen molar-refractivity contribution in [3.63, 3.8) is 0 Å². The SMILES string of the molecule is Fc1ccccc1CNc1ccc(Br)c2ccccc12. The Bertz CT molecular complexity index is 755. The van der Waals surface area contributed by atoms with Crippen molar-refractivity contribution in [3.05, 3.63) is 76.5 Å². The van der Waals surface area contributed by atoms with Crippen LogP contribution in [0.4, 0.5) is 10.1 Å². The average Bonchev–Trinajstić information content (AvgIpc) is 2.48. The number of fused-ring (bicyclic) bond motifs is 1. The maximum absolute atomic E-state index is 13.6. The molecule has 1 N–H and O–H groups in total. The minimum Gasteiger partial charge on any atom is -0.380 e. The second kappa shape index (κ2) is 5.63. The van der Waals surface area contributed by atoms with E-state index in [1.807, 2.05) is 30.3 Å². The van der Waals surface area contributed by atoms with Crippen LogP contribution in [0.1, 0.15) is 5.56 Å². The third-order valence-corrected chi connectivity index (χ3v) is 3.99. The van der Waals surface area contributed by atoms with Gasteiger partial charge in [-0.2, -0.15) is 0 Å². The van der Waals surface area contributed by atoms with Gasteiger partial charge in [0.15, 0.2) is 0 Å². The fourth-order valence-electron chi connectivity index (χ4n) is 2.25. The molecule has 3 aromatic carbocycles. The molecule has 0 fully saturated rings. The predicted octanol–water partition coefficient (Wildman–Crippen LogP) is 5.35. The Kier molecular flexibility index (Phi) is 3.70. The van der Waals surface area contributed by atoms with E-state index in [2.05, 4.69) is 33.4 Å². The van der Waals surface area contributed by atoms with Crippen LogP contribution < -0.4 is 5.32 Å². The van der Waals surface area contributed by atoms with Gasteiger partial charge in [0, 0.05) is 27.7 Å². The van der Waals surface area contributed by atoms with Crippen molar-refractivity contribution >= 4 is 32.4 Å². The summed E-state index contributed by atoms with van der Waals surface area (Å²) in [6.07, 6.45) is 0. The molecular formula is C17H13BrFN. The van der Waals surface area contributed by atoms with Gasteiger partial charge in [-0.3, -0.25) is 0 Å². The lowest BCUT2D eigenvalue weighted by Gasteiger charge is -2.11. The molecular weight excluding hydrogens is 317 g/mol. The molecule has 0 bridgehead atoms. The molecule has 100 valence electrons. The highest BCUT2D eigenvalue weighted by Crippen LogP contribution is 2.30. The Hall–Kier alpha value is -1.87. The number of hydrogen-bond donors (Lipinski definition) is 1. The molecule has 0 aliphatic carbocycles. The minimum atomic E-state index is -0.179. The molecule has 0 aliphatic rings. The van der Waals surface area contributed by atoms with Crippen molar-refractivity contribution < 1.29 is 4.39 Å². The molecule has 0 aromatic heterocycles. The molecule has 0 atom stereocenters. The van der Waals surface area contributed by atoms with Gasteiger partial charge in [0.25, 0.3) is 0 Å². The van der Waals surface area contributed by atoms with Gasteiger partial charge >= 0.3 is 0 Å². The topological polar surface area (TPSA) is 12.0 Å². The van der Waals surface area contributed by atoms with Crippen LogP contribution in [0.5, 0.6) is 0 Å². The first-order valence-corrected chi connectivity index (χ1v) is 7.19. The Balaban J connectivity index is 1.92. The fourth-order valence-corrected chi connectivity index (χ4v) is 2.73. The van der Waals surface area contributed by atoms with Gasteiger partial charge in [-0.25, -0.2) is 4.39 Å². The van der Waals surface area contributed by atoms with E-state index in [1.54, 1.807) is 12.1 Å². The van der Waals surface area contributed by atoms with Crippen LogP contribution in [0.15, 0.2) is 65.1 Å². The van der Waals surface area contributed by atoms with E-state index >= 15 is 0 Å². The summed E-state index contributed by atoms with van der Waals surface area (Å²) < 4.78 is 14.7. The second-order valence-electron chi connectivity index (χ2n) is 4.59. The van der Waals surface area contributed by atoms with Gasteiger partial charge in [0.2, 0.25) is 0 Å². The van der Waals surface area contributed by atoms with Crippen LogP contribution >= 0.6 is 15.9 Å². The third kappa shape index (κ3) is 2.54. The Morgan fingerprint density at radius 2 is 1.55 bits per heavy atom. The van der Waals surface area contributed by atoms with Gasteiger partial charge in [-0.15, -0.1) is 0 Å². The molecule has 0 radical (unpaired) electrons. The number of benzene rings is 3. The lowest BCUT2D eigenvalue weighted by atomic mass is 10.1. The van der Waals surface area contributed by atoms with E-state index < -0.39 is 0 Å². The summed E-state index contributed by atoms with van der Waals surface area (Å²) in [6.45, 7) is 0.471. The van der Waals surface area contributed by atoms with E-state index in [-0.39, 0.29) is 5.82 Å². The zero-order valence-corrected chi connectivity index (χ0v) is 12.3. The molecule has 0 heterocycles. The number of halogens is 2. The largest absolute Gasteiger partial charge is 0.380 e. The number of anilines is 1. The summed E-state index contributed by atoms with van der Waals surface area (Å²) in [7, 11) is 0. The maximum Gasteiger partial charge on any atom is 0.128 e. The highest BCUT2D eigenvalue weighted by molar-refractivity contribution is 9.10. The summed E-state index contributed by atoms with van der Waals surface area (Å²) in [5, 5.41) is 5.58. The number of hydrogen-bond acceptors (Lipinski definition) is 1. The Morgan fingerprint density at radius 1 is 0.850 bits per heavy atom. The molecule has 3 rings (SSSR count). The summed E-state index contributed by atoms with van der Waals surface area (Å²) in [5.74, 6) is -0.179. The minimum absolute atomic E-state index is 0.179. The van der Waals surface area contributed by atoms with E-state index in [1.165, 1.54) is 6.07 Å². The van der Waals surface area contributed by atoms with Crippen LogP contribution in [-0.4, -0.2) is 0 Å². The molecule has 0 spiro atoms. The van der Waals surface area contributed by atoms with Crippen LogP contribution in [0.2, 0.25) is 0 Å². The van der Waals surface area contributed by atoms with Crippen molar-refractivity contribution in [2.45, 2.75) is 6.54 Å². The van der Waals surface area contributed by atoms with Crippen molar-refractivity contribution in [1.29, 1.82) is 0 Å². The summed E-state index contributed by atoms with van der Waals surface area (Å²) in [5.41, 5.74) is 1.67. The van der Waals surface area contributed by atoms with Crippen LogP contribution in [-0.2, 0) is 6.54 Å². The van der Waals surface area contributed by atoms with Crippen molar-refractivity contribution in [2.75, 3.05) is 5.32 Å². The van der Waals surface area contributed by atoms with E-state index in [4.69, 9.17) is 0 Å². The van der Waals surface area contributed by atoms with Gasteiger partial charge < -0.3 is 5.32 Å². The molecule has 3 heteroatoms. The molecule has 20 heavy (non-hydrogen) atoms. The normalized spacial score (nSPS) is 10.7. The first-order valence-electron chi connectivity index (χ1n) is 6.40. The Morgan fingerprint density at radius 3 is 2.35 bits per heavy atom. The summed E-state index contributed by atoms with van der Waals surface area (Å²) in [6, 6.07) is 19.0. The second-order valence-corrected chi connectivity index (χ2v) is 5.44. The lowest BCUT2D eigenvalue weighted by molar-refractivity contribution is 0.613. The monoisotopic (exact) mass is 329 g/mol. The predicted molar refractivity (Wildman–Crippen MR) is 85.4 cm³/mol. The smallest absolute Gasteiger partial charge is 0.128 e. The van der Waals surface area contributed by atoms with Crippen molar-refractivity contribution in [2.24, 2.45) is 0 Å².